The fourth-order valence-electron chi connectivity index (χ4n) is 1.81. The van der Waals surface area contributed by atoms with E-state index in [2.05, 4.69) is 5.32 Å². The Hall–Kier alpha value is -1.56. The predicted molar refractivity (Wildman–Crippen MR) is 73.9 cm³/mol. The zero-order chi connectivity index (χ0) is 14.6. The number of thiocarbonyl (C=S) groups is 1. The van der Waals surface area contributed by atoms with Crippen LogP contribution in [0.4, 0.5) is 8.78 Å². The highest BCUT2D eigenvalue weighted by molar-refractivity contribution is 7.80. The first-order chi connectivity index (χ1) is 8.84. The summed E-state index contributed by atoms with van der Waals surface area (Å²) in [6, 6.07) is 2.64. The second-order valence-electron chi connectivity index (χ2n) is 4.27. The molecule has 0 aromatic heterocycles. The van der Waals surface area contributed by atoms with Gasteiger partial charge in [-0.1, -0.05) is 26.1 Å². The van der Waals surface area contributed by atoms with Crippen LogP contribution in [0.15, 0.2) is 18.2 Å². The molecule has 1 rings (SSSR count). The number of carbonyl (C=O) groups excluding carboxylic acids is 1. The van der Waals surface area contributed by atoms with Crippen LogP contribution < -0.4 is 11.1 Å². The first kappa shape index (κ1) is 15.5. The number of benzene rings is 1. The molecule has 6 heteroatoms. The molecule has 1 aromatic rings. The summed E-state index contributed by atoms with van der Waals surface area (Å²) in [5.41, 5.74) is 4.71. The second-order valence-corrected chi connectivity index (χ2v) is 4.71. The van der Waals surface area contributed by atoms with Crippen LogP contribution in [0.2, 0.25) is 0 Å². The molecule has 0 radical (unpaired) electrons. The van der Waals surface area contributed by atoms with E-state index >= 15 is 0 Å². The zero-order valence-corrected chi connectivity index (χ0v) is 11.6. The molecule has 1 amide bonds. The summed E-state index contributed by atoms with van der Waals surface area (Å²) in [7, 11) is 0. The topological polar surface area (TPSA) is 55.1 Å². The second kappa shape index (κ2) is 6.06. The average molecular weight is 286 g/mol. The van der Waals surface area contributed by atoms with E-state index in [0.29, 0.717) is 18.9 Å². The molecule has 0 unspecified atom stereocenters. The Morgan fingerprint density at radius 2 is 1.74 bits per heavy atom. The monoisotopic (exact) mass is 286 g/mol. The van der Waals surface area contributed by atoms with Crippen molar-refractivity contribution in [2.45, 2.75) is 32.2 Å². The van der Waals surface area contributed by atoms with Crippen molar-refractivity contribution in [2.75, 3.05) is 0 Å². The van der Waals surface area contributed by atoms with Gasteiger partial charge < -0.3 is 11.1 Å². The minimum Gasteiger partial charge on any atom is -0.391 e. The zero-order valence-electron chi connectivity index (χ0n) is 10.8. The maximum absolute atomic E-state index is 13.1. The van der Waals surface area contributed by atoms with Crippen LogP contribution in [0, 0.1) is 11.6 Å². The standard InChI is InChI=1S/C13H16F2N2OS/c1-3-13(4-2,12(16)19)17-11(18)8-5-9(14)7-10(15)6-8/h5-7H,3-4H2,1-2H3,(H2,16,19)(H,17,18). The summed E-state index contributed by atoms with van der Waals surface area (Å²) in [6.07, 6.45) is 1.00. The molecule has 0 bridgehead atoms. The third-order valence-electron chi connectivity index (χ3n) is 3.16. The van der Waals surface area contributed by atoms with Crippen molar-refractivity contribution >= 4 is 23.1 Å². The predicted octanol–water partition coefficient (Wildman–Crippen LogP) is 2.54. The largest absolute Gasteiger partial charge is 0.391 e. The summed E-state index contributed by atoms with van der Waals surface area (Å²) in [5, 5.41) is 2.66. The normalized spacial score (nSPS) is 11.2. The molecule has 0 fully saturated rings. The van der Waals surface area contributed by atoms with E-state index in [4.69, 9.17) is 18.0 Å². The van der Waals surface area contributed by atoms with Gasteiger partial charge in [0.15, 0.2) is 0 Å². The van der Waals surface area contributed by atoms with Crippen LogP contribution in [0.25, 0.3) is 0 Å². The molecule has 0 aliphatic heterocycles. The van der Waals surface area contributed by atoms with Gasteiger partial charge in [0.1, 0.15) is 11.6 Å². The fraction of sp³-hybridized carbons (Fsp3) is 0.385. The van der Waals surface area contributed by atoms with Crippen molar-refractivity contribution in [1.82, 2.24) is 5.32 Å². The van der Waals surface area contributed by atoms with Gasteiger partial charge in [-0.15, -0.1) is 0 Å². The maximum Gasteiger partial charge on any atom is 0.252 e. The first-order valence-corrected chi connectivity index (χ1v) is 6.34. The number of halogens is 2. The molecular weight excluding hydrogens is 270 g/mol. The number of amides is 1. The van der Waals surface area contributed by atoms with E-state index in [1.54, 1.807) is 0 Å². The number of rotatable bonds is 5. The molecule has 19 heavy (non-hydrogen) atoms. The minimum atomic E-state index is -0.838. The Labute approximate surface area is 116 Å². The quantitative estimate of drug-likeness (QED) is 0.818. The molecule has 1 aromatic carbocycles. The molecule has 0 spiro atoms. The molecule has 0 aliphatic rings. The SMILES string of the molecule is CCC(CC)(NC(=O)c1cc(F)cc(F)c1)C(N)=S. The van der Waals surface area contributed by atoms with Crippen LogP contribution in [-0.4, -0.2) is 16.4 Å². The van der Waals surface area contributed by atoms with Gasteiger partial charge in [0.2, 0.25) is 0 Å². The number of nitrogens with two attached hydrogens (primary N) is 1. The Morgan fingerprint density at radius 3 is 2.11 bits per heavy atom. The lowest BCUT2D eigenvalue weighted by Gasteiger charge is -2.31. The van der Waals surface area contributed by atoms with E-state index in [9.17, 15) is 13.6 Å². The molecular formula is C13H16F2N2OS. The number of carbonyl (C=O) groups is 1. The van der Waals surface area contributed by atoms with Crippen LogP contribution in [-0.2, 0) is 0 Å². The summed E-state index contributed by atoms with van der Waals surface area (Å²) < 4.78 is 26.1. The van der Waals surface area contributed by atoms with E-state index in [-0.39, 0.29) is 10.6 Å². The van der Waals surface area contributed by atoms with Crippen LogP contribution in [0.1, 0.15) is 37.0 Å². The van der Waals surface area contributed by atoms with Gasteiger partial charge in [0.05, 0.1) is 10.5 Å². The highest BCUT2D eigenvalue weighted by Gasteiger charge is 2.31. The highest BCUT2D eigenvalue weighted by atomic mass is 32.1. The van der Waals surface area contributed by atoms with Crippen LogP contribution in [0.5, 0.6) is 0 Å². The Balaban J connectivity index is 3.03. The van der Waals surface area contributed by atoms with E-state index in [0.717, 1.165) is 12.1 Å². The average Bonchev–Trinajstić information content (AvgIpc) is 2.34. The molecule has 0 aliphatic carbocycles. The van der Waals surface area contributed by atoms with Crippen LogP contribution >= 0.6 is 12.2 Å². The molecule has 3 N–H and O–H groups in total. The number of hydrogen-bond donors (Lipinski definition) is 2. The summed E-state index contributed by atoms with van der Waals surface area (Å²) in [4.78, 5) is 12.2. The third kappa shape index (κ3) is 3.47. The lowest BCUT2D eigenvalue weighted by Crippen LogP contribution is -2.56. The summed E-state index contributed by atoms with van der Waals surface area (Å²) in [5.74, 6) is -2.21. The minimum absolute atomic E-state index is 0.0972. The third-order valence-corrected chi connectivity index (χ3v) is 3.55. The molecule has 3 nitrogen and oxygen atoms in total. The fourth-order valence-corrected chi connectivity index (χ4v) is 2.15. The molecule has 0 saturated carbocycles. The Bertz CT molecular complexity index is 481. The van der Waals surface area contributed by atoms with Gasteiger partial charge in [-0.2, -0.15) is 0 Å². The van der Waals surface area contributed by atoms with E-state index in [1.165, 1.54) is 0 Å². The lowest BCUT2D eigenvalue weighted by molar-refractivity contribution is 0.0919. The summed E-state index contributed by atoms with van der Waals surface area (Å²) in [6.45, 7) is 3.66. The number of nitrogens with one attached hydrogen (secondary N) is 1. The van der Waals surface area contributed by atoms with Gasteiger partial charge >= 0.3 is 0 Å². The molecule has 0 atom stereocenters. The van der Waals surface area contributed by atoms with E-state index in [1.807, 2.05) is 13.8 Å². The van der Waals surface area contributed by atoms with Crippen molar-refractivity contribution in [2.24, 2.45) is 5.73 Å². The van der Waals surface area contributed by atoms with E-state index < -0.39 is 23.1 Å². The van der Waals surface area contributed by atoms with Crippen molar-refractivity contribution in [3.63, 3.8) is 0 Å². The van der Waals surface area contributed by atoms with Gasteiger partial charge in [0.25, 0.3) is 5.91 Å². The van der Waals surface area contributed by atoms with Crippen molar-refractivity contribution in [3.05, 3.63) is 35.4 Å². The number of hydrogen-bond acceptors (Lipinski definition) is 2. The van der Waals surface area contributed by atoms with Crippen molar-refractivity contribution in [1.29, 1.82) is 0 Å². The first-order valence-electron chi connectivity index (χ1n) is 5.93. The maximum atomic E-state index is 13.1. The van der Waals surface area contributed by atoms with Gasteiger partial charge in [-0.25, -0.2) is 8.78 Å². The van der Waals surface area contributed by atoms with Crippen molar-refractivity contribution < 1.29 is 13.6 Å². The van der Waals surface area contributed by atoms with Gasteiger partial charge in [0, 0.05) is 11.6 Å². The molecule has 0 heterocycles. The van der Waals surface area contributed by atoms with Crippen LogP contribution in [0.3, 0.4) is 0 Å². The highest BCUT2D eigenvalue weighted by Crippen LogP contribution is 2.17. The molecule has 104 valence electrons. The van der Waals surface area contributed by atoms with Crippen molar-refractivity contribution in [3.8, 4) is 0 Å². The van der Waals surface area contributed by atoms with Gasteiger partial charge in [-0.05, 0) is 25.0 Å². The molecule has 0 saturated heterocycles. The van der Waals surface area contributed by atoms with Gasteiger partial charge in [-0.3, -0.25) is 4.79 Å². The smallest absolute Gasteiger partial charge is 0.252 e. The Morgan fingerprint density at radius 1 is 1.26 bits per heavy atom. The lowest BCUT2D eigenvalue weighted by atomic mass is 9.92. The Kier molecular flexibility index (Phi) is 4.94. The summed E-state index contributed by atoms with van der Waals surface area (Å²) >= 11 is 4.96.